The molecule has 0 saturated heterocycles. The van der Waals surface area contributed by atoms with Crippen LogP contribution in [0.4, 0.5) is 0 Å². The molecule has 68 valence electrons. The molecule has 0 aliphatic carbocycles. The first-order chi connectivity index (χ1) is 5.70. The molecule has 0 aromatic heterocycles. The van der Waals surface area contributed by atoms with Crippen LogP contribution in [0.5, 0.6) is 0 Å². The highest BCUT2D eigenvalue weighted by Gasteiger charge is 1.94. The zero-order valence-corrected chi connectivity index (χ0v) is 7.96. The third-order valence-corrected chi connectivity index (χ3v) is 1.51. The Labute approximate surface area is 73.9 Å². The highest BCUT2D eigenvalue weighted by Crippen LogP contribution is 2.04. The van der Waals surface area contributed by atoms with Gasteiger partial charge in [-0.3, -0.25) is 0 Å². The lowest BCUT2D eigenvalue weighted by atomic mass is 10.1. The van der Waals surface area contributed by atoms with Gasteiger partial charge in [0.1, 0.15) is 0 Å². The number of ether oxygens (including phenoxy) is 1. The number of rotatable bonds is 4. The molecule has 0 amide bonds. The van der Waals surface area contributed by atoms with Crippen molar-refractivity contribution < 1.29 is 9.53 Å². The van der Waals surface area contributed by atoms with E-state index in [0.29, 0.717) is 0 Å². The molecule has 0 fully saturated rings. The van der Waals surface area contributed by atoms with E-state index < -0.39 is 0 Å². The molecular weight excluding hydrogens is 152 g/mol. The van der Waals surface area contributed by atoms with E-state index in [1.54, 1.807) is 0 Å². The summed E-state index contributed by atoms with van der Waals surface area (Å²) in [4.78, 5) is 10.7. The van der Waals surface area contributed by atoms with Gasteiger partial charge in [-0.15, -0.1) is 0 Å². The molecule has 12 heavy (non-hydrogen) atoms. The van der Waals surface area contributed by atoms with Gasteiger partial charge in [-0.05, 0) is 26.7 Å². The molecule has 0 heterocycles. The van der Waals surface area contributed by atoms with Crippen LogP contribution in [0, 0.1) is 0 Å². The molecule has 0 aromatic rings. The van der Waals surface area contributed by atoms with E-state index >= 15 is 0 Å². The molecule has 0 radical (unpaired) electrons. The predicted octanol–water partition coefficient (Wildman–Crippen LogP) is 2.46. The lowest BCUT2D eigenvalue weighted by Gasteiger charge is -1.96. The molecule has 2 nitrogen and oxygen atoms in total. The topological polar surface area (TPSA) is 26.3 Å². The Morgan fingerprint density at radius 2 is 2.17 bits per heavy atom. The van der Waals surface area contributed by atoms with Gasteiger partial charge in [-0.1, -0.05) is 17.7 Å². The summed E-state index contributed by atoms with van der Waals surface area (Å²) in [7, 11) is 1.39. The Morgan fingerprint density at radius 1 is 1.50 bits per heavy atom. The third-order valence-electron chi connectivity index (χ3n) is 1.51. The SMILES string of the molecule is C/C=C\CC/C(C)=C/C(=O)OC. The maximum absolute atomic E-state index is 10.7. The Hall–Kier alpha value is -1.05. The summed E-state index contributed by atoms with van der Waals surface area (Å²) in [6.45, 7) is 3.92. The number of allylic oxidation sites excluding steroid dienone is 3. The summed E-state index contributed by atoms with van der Waals surface area (Å²) in [6, 6.07) is 0. The van der Waals surface area contributed by atoms with Gasteiger partial charge >= 0.3 is 5.97 Å². The standard InChI is InChI=1S/C10H16O2/c1-4-5-6-7-9(2)8-10(11)12-3/h4-5,8H,6-7H2,1-3H3/b5-4-,9-8+. The van der Waals surface area contributed by atoms with Gasteiger partial charge in [0, 0.05) is 6.08 Å². The Morgan fingerprint density at radius 3 is 2.67 bits per heavy atom. The maximum Gasteiger partial charge on any atom is 0.330 e. The quantitative estimate of drug-likeness (QED) is 0.366. The second-order valence-corrected chi connectivity index (χ2v) is 2.62. The van der Waals surface area contributed by atoms with Crippen molar-refractivity contribution in [3.05, 3.63) is 23.8 Å². The van der Waals surface area contributed by atoms with Gasteiger partial charge in [0.2, 0.25) is 0 Å². The van der Waals surface area contributed by atoms with Crippen molar-refractivity contribution in [1.82, 2.24) is 0 Å². The van der Waals surface area contributed by atoms with E-state index in [0.717, 1.165) is 18.4 Å². The molecule has 0 rings (SSSR count). The Kier molecular flexibility index (Phi) is 6.07. The van der Waals surface area contributed by atoms with Crippen LogP contribution >= 0.6 is 0 Å². The molecule has 0 unspecified atom stereocenters. The summed E-state index contributed by atoms with van der Waals surface area (Å²) in [5, 5.41) is 0. The summed E-state index contributed by atoms with van der Waals surface area (Å²) < 4.78 is 4.49. The van der Waals surface area contributed by atoms with Crippen LogP contribution in [0.25, 0.3) is 0 Å². The molecule has 0 spiro atoms. The van der Waals surface area contributed by atoms with Gasteiger partial charge in [-0.2, -0.15) is 0 Å². The molecule has 0 aliphatic rings. The normalized spacial score (nSPS) is 12.1. The lowest BCUT2D eigenvalue weighted by molar-refractivity contribution is -0.134. The predicted molar refractivity (Wildman–Crippen MR) is 49.8 cm³/mol. The van der Waals surface area contributed by atoms with Crippen molar-refractivity contribution >= 4 is 5.97 Å². The van der Waals surface area contributed by atoms with Crippen LogP contribution < -0.4 is 0 Å². The first-order valence-corrected chi connectivity index (χ1v) is 4.07. The van der Waals surface area contributed by atoms with Crippen LogP contribution in [-0.2, 0) is 9.53 Å². The number of methoxy groups -OCH3 is 1. The van der Waals surface area contributed by atoms with Gasteiger partial charge < -0.3 is 4.74 Å². The van der Waals surface area contributed by atoms with Crippen LogP contribution in [0.2, 0.25) is 0 Å². The number of carbonyl (C=O) groups excluding carboxylic acids is 1. The first kappa shape index (κ1) is 11.0. The molecule has 0 bridgehead atoms. The average molecular weight is 168 g/mol. The third kappa shape index (κ3) is 5.71. The largest absolute Gasteiger partial charge is 0.466 e. The van der Waals surface area contributed by atoms with Crippen molar-refractivity contribution in [1.29, 1.82) is 0 Å². The van der Waals surface area contributed by atoms with Gasteiger partial charge in [-0.25, -0.2) is 4.79 Å². The van der Waals surface area contributed by atoms with Crippen LogP contribution in [0.3, 0.4) is 0 Å². The van der Waals surface area contributed by atoms with E-state index in [1.165, 1.54) is 13.2 Å². The zero-order valence-electron chi connectivity index (χ0n) is 7.96. The number of carbonyl (C=O) groups is 1. The second kappa shape index (κ2) is 6.65. The molecule has 2 heteroatoms. The van der Waals surface area contributed by atoms with E-state index in [4.69, 9.17) is 0 Å². The molecular formula is C10H16O2. The van der Waals surface area contributed by atoms with Crippen LogP contribution in [0.1, 0.15) is 26.7 Å². The van der Waals surface area contributed by atoms with Crippen LogP contribution in [0.15, 0.2) is 23.8 Å². The van der Waals surface area contributed by atoms with Gasteiger partial charge in [0.05, 0.1) is 7.11 Å². The average Bonchev–Trinajstić information content (AvgIpc) is 2.05. The summed E-state index contributed by atoms with van der Waals surface area (Å²) in [6.07, 6.45) is 7.51. The fourth-order valence-corrected chi connectivity index (χ4v) is 0.810. The lowest BCUT2D eigenvalue weighted by Crippen LogP contribution is -1.95. The molecule has 0 aromatic carbocycles. The minimum atomic E-state index is -0.270. The van der Waals surface area contributed by atoms with E-state index in [-0.39, 0.29) is 5.97 Å². The van der Waals surface area contributed by atoms with E-state index in [2.05, 4.69) is 10.8 Å². The van der Waals surface area contributed by atoms with Crippen molar-refractivity contribution in [2.75, 3.05) is 7.11 Å². The minimum Gasteiger partial charge on any atom is -0.466 e. The smallest absolute Gasteiger partial charge is 0.330 e. The van der Waals surface area contributed by atoms with E-state index in [1.807, 2.05) is 19.9 Å². The molecule has 0 saturated carbocycles. The summed E-state index contributed by atoms with van der Waals surface area (Å²) in [5.74, 6) is -0.270. The highest BCUT2D eigenvalue weighted by atomic mass is 16.5. The Bertz CT molecular complexity index is 190. The molecule has 0 atom stereocenters. The summed E-state index contributed by atoms with van der Waals surface area (Å²) >= 11 is 0. The Balaban J connectivity index is 3.77. The van der Waals surface area contributed by atoms with Crippen molar-refractivity contribution in [2.45, 2.75) is 26.7 Å². The molecule has 0 N–H and O–H groups in total. The minimum absolute atomic E-state index is 0.270. The fourth-order valence-electron chi connectivity index (χ4n) is 0.810. The zero-order chi connectivity index (χ0) is 9.40. The van der Waals surface area contributed by atoms with Crippen molar-refractivity contribution in [3.63, 3.8) is 0 Å². The van der Waals surface area contributed by atoms with Crippen molar-refractivity contribution in [2.24, 2.45) is 0 Å². The number of hydrogen-bond donors (Lipinski definition) is 0. The molecule has 0 aliphatic heterocycles. The second-order valence-electron chi connectivity index (χ2n) is 2.62. The maximum atomic E-state index is 10.7. The van der Waals surface area contributed by atoms with E-state index in [9.17, 15) is 4.79 Å². The monoisotopic (exact) mass is 168 g/mol. The summed E-state index contributed by atoms with van der Waals surface area (Å²) in [5.41, 5.74) is 1.06. The number of hydrogen-bond acceptors (Lipinski definition) is 2. The highest BCUT2D eigenvalue weighted by molar-refractivity contribution is 5.82. The van der Waals surface area contributed by atoms with Gasteiger partial charge in [0.15, 0.2) is 0 Å². The number of esters is 1. The first-order valence-electron chi connectivity index (χ1n) is 4.07. The van der Waals surface area contributed by atoms with Gasteiger partial charge in [0.25, 0.3) is 0 Å². The van der Waals surface area contributed by atoms with Crippen molar-refractivity contribution in [3.8, 4) is 0 Å². The van der Waals surface area contributed by atoms with Crippen LogP contribution in [-0.4, -0.2) is 13.1 Å². The fraction of sp³-hybridized carbons (Fsp3) is 0.500.